The lowest BCUT2D eigenvalue weighted by atomic mass is 10.0. The fourth-order valence-electron chi connectivity index (χ4n) is 4.23. The summed E-state index contributed by atoms with van der Waals surface area (Å²) in [7, 11) is -3.89. The SMILES string of the molecule is CC(C)CC1CN(c2ccccc2)c2cc(Cl)c(-c3ccc(Cl)c(C(=O)O)c3)cc2S(=O)(=O)P1. The van der Waals surface area contributed by atoms with Crippen LogP contribution in [-0.2, 0) is 9.46 Å². The van der Waals surface area contributed by atoms with Gasteiger partial charge < -0.3 is 10.0 Å². The van der Waals surface area contributed by atoms with Gasteiger partial charge in [0.05, 0.1) is 26.2 Å². The molecule has 0 aromatic heterocycles. The molecule has 0 aliphatic carbocycles. The molecule has 0 saturated carbocycles. The van der Waals surface area contributed by atoms with E-state index < -0.39 is 15.4 Å². The first-order chi connectivity index (χ1) is 16.1. The first-order valence-corrected chi connectivity index (χ1v) is 14.8. The molecule has 178 valence electrons. The average molecular weight is 536 g/mol. The molecule has 1 aliphatic heterocycles. The molecule has 0 fully saturated rings. The van der Waals surface area contributed by atoms with E-state index in [1.54, 1.807) is 18.2 Å². The van der Waals surface area contributed by atoms with E-state index in [1.165, 1.54) is 12.1 Å². The summed E-state index contributed by atoms with van der Waals surface area (Å²) in [5.74, 6) is -0.812. The standard InChI is InChI=1S/C25H24Cl2NO4PS/c1-15(2)10-18-14-28(17-6-4-3-5-7-17)23-13-22(27)19(12-24(23)34(31,32)33-18)16-8-9-21(26)20(11-16)25(29)30/h3-9,11-13,15,18,33H,10,14H2,1-2H3,(H,29,30). The van der Waals surface area contributed by atoms with Gasteiger partial charge in [0.1, 0.15) is 0 Å². The molecule has 1 heterocycles. The van der Waals surface area contributed by atoms with Gasteiger partial charge in [-0.3, -0.25) is 0 Å². The van der Waals surface area contributed by atoms with Gasteiger partial charge in [0.25, 0.3) is 0 Å². The Balaban J connectivity index is 1.93. The third-order valence-electron chi connectivity index (χ3n) is 5.69. The molecule has 9 heteroatoms. The number of benzene rings is 3. The number of anilines is 2. The Labute approximate surface area is 211 Å². The highest BCUT2D eigenvalue weighted by atomic mass is 35.5. The van der Waals surface area contributed by atoms with Gasteiger partial charge in [-0.1, -0.05) is 61.3 Å². The van der Waals surface area contributed by atoms with Crippen LogP contribution >= 0.6 is 31.0 Å². The van der Waals surface area contributed by atoms with E-state index in [1.807, 2.05) is 35.2 Å². The molecule has 2 unspecified atom stereocenters. The Kier molecular flexibility index (Phi) is 7.25. The second-order valence-electron chi connectivity index (χ2n) is 8.69. The van der Waals surface area contributed by atoms with Crippen LogP contribution in [0.15, 0.2) is 65.6 Å². The smallest absolute Gasteiger partial charge is 0.337 e. The van der Waals surface area contributed by atoms with Crippen molar-refractivity contribution in [1.29, 1.82) is 0 Å². The number of fused-ring (bicyclic) bond motifs is 1. The molecular formula is C25H24Cl2NO4PS. The number of halogens is 2. The van der Waals surface area contributed by atoms with Crippen molar-refractivity contribution in [3.8, 4) is 11.1 Å². The van der Waals surface area contributed by atoms with Crippen molar-refractivity contribution in [2.75, 3.05) is 11.4 Å². The molecule has 5 nitrogen and oxygen atoms in total. The molecule has 3 aromatic rings. The molecule has 1 N–H and O–H groups in total. The minimum absolute atomic E-state index is 0.0334. The first-order valence-electron chi connectivity index (χ1n) is 10.8. The van der Waals surface area contributed by atoms with E-state index in [-0.39, 0.29) is 28.9 Å². The van der Waals surface area contributed by atoms with Gasteiger partial charge in [-0.2, -0.15) is 0 Å². The Morgan fingerprint density at radius 3 is 2.44 bits per heavy atom. The van der Waals surface area contributed by atoms with E-state index in [0.29, 0.717) is 34.3 Å². The van der Waals surface area contributed by atoms with Gasteiger partial charge in [-0.15, -0.1) is 0 Å². The Hall–Kier alpha value is -2.11. The van der Waals surface area contributed by atoms with Crippen LogP contribution in [0, 0.1) is 5.92 Å². The summed E-state index contributed by atoms with van der Waals surface area (Å²) in [5, 5.41) is 9.89. The summed E-state index contributed by atoms with van der Waals surface area (Å²) >= 11 is 12.7. The van der Waals surface area contributed by atoms with Crippen molar-refractivity contribution in [2.24, 2.45) is 5.92 Å². The van der Waals surface area contributed by atoms with Crippen LogP contribution in [0.4, 0.5) is 11.4 Å². The second kappa shape index (κ2) is 9.87. The second-order valence-corrected chi connectivity index (χ2v) is 14.3. The van der Waals surface area contributed by atoms with Gasteiger partial charge in [-0.05, 0) is 54.3 Å². The fourth-order valence-corrected chi connectivity index (χ4v) is 9.50. The zero-order valence-electron chi connectivity index (χ0n) is 18.6. The quantitative estimate of drug-likeness (QED) is 0.347. The number of carbonyl (C=O) groups is 1. The molecule has 2 atom stereocenters. The van der Waals surface area contributed by atoms with E-state index in [0.717, 1.165) is 12.1 Å². The van der Waals surface area contributed by atoms with Crippen molar-refractivity contribution in [1.82, 2.24) is 0 Å². The topological polar surface area (TPSA) is 74.7 Å². The lowest BCUT2D eigenvalue weighted by Gasteiger charge is -2.28. The lowest BCUT2D eigenvalue weighted by molar-refractivity contribution is 0.0697. The molecule has 0 amide bonds. The number of nitrogens with zero attached hydrogens (tertiary/aromatic N) is 1. The van der Waals surface area contributed by atoms with Crippen LogP contribution in [0.5, 0.6) is 0 Å². The van der Waals surface area contributed by atoms with E-state index in [4.69, 9.17) is 23.2 Å². The molecule has 3 aromatic carbocycles. The Morgan fingerprint density at radius 2 is 1.79 bits per heavy atom. The fraction of sp³-hybridized carbons (Fsp3) is 0.240. The van der Waals surface area contributed by atoms with Crippen LogP contribution in [-0.4, -0.2) is 31.7 Å². The van der Waals surface area contributed by atoms with Gasteiger partial charge in [0.15, 0.2) is 9.46 Å². The number of carboxylic acids is 1. The van der Waals surface area contributed by atoms with Gasteiger partial charge in [-0.25, -0.2) is 13.2 Å². The number of para-hydroxylation sites is 1. The highest BCUT2D eigenvalue weighted by Gasteiger charge is 2.34. The van der Waals surface area contributed by atoms with Gasteiger partial charge in [0, 0.05) is 31.2 Å². The van der Waals surface area contributed by atoms with Crippen molar-refractivity contribution >= 4 is 57.8 Å². The predicted molar refractivity (Wildman–Crippen MR) is 141 cm³/mol. The van der Waals surface area contributed by atoms with Crippen LogP contribution in [0.25, 0.3) is 11.1 Å². The number of hydrogen-bond donors (Lipinski definition) is 1. The molecule has 4 rings (SSSR count). The van der Waals surface area contributed by atoms with Crippen LogP contribution < -0.4 is 4.90 Å². The minimum Gasteiger partial charge on any atom is -0.478 e. The van der Waals surface area contributed by atoms with E-state index in [2.05, 4.69) is 13.8 Å². The molecule has 1 aliphatic rings. The molecule has 0 spiro atoms. The summed E-state index contributed by atoms with van der Waals surface area (Å²) in [6, 6.07) is 17.5. The Bertz CT molecular complexity index is 1350. The number of carboxylic acid groups (broad SMARTS) is 1. The zero-order chi connectivity index (χ0) is 24.6. The van der Waals surface area contributed by atoms with E-state index >= 15 is 0 Å². The van der Waals surface area contributed by atoms with Crippen LogP contribution in [0.2, 0.25) is 10.0 Å². The van der Waals surface area contributed by atoms with Gasteiger partial charge in [0.2, 0.25) is 0 Å². The van der Waals surface area contributed by atoms with Gasteiger partial charge >= 0.3 is 5.97 Å². The summed E-state index contributed by atoms with van der Waals surface area (Å²) in [6.45, 7) is 4.75. The van der Waals surface area contributed by atoms with Crippen LogP contribution in [0.3, 0.4) is 0 Å². The lowest BCUT2D eigenvalue weighted by Crippen LogP contribution is -2.26. The van der Waals surface area contributed by atoms with Crippen LogP contribution in [0.1, 0.15) is 30.6 Å². The summed E-state index contributed by atoms with van der Waals surface area (Å²) in [6.07, 6.45) is 0.786. The van der Waals surface area contributed by atoms with Crippen molar-refractivity contribution in [3.63, 3.8) is 0 Å². The maximum absolute atomic E-state index is 13.6. The third-order valence-corrected chi connectivity index (χ3v) is 10.9. The summed E-state index contributed by atoms with van der Waals surface area (Å²) in [4.78, 5) is 13.8. The number of aromatic carboxylic acids is 1. The Morgan fingerprint density at radius 1 is 1.09 bits per heavy atom. The predicted octanol–water partition coefficient (Wildman–Crippen LogP) is 7.29. The number of hydrogen-bond acceptors (Lipinski definition) is 4. The van der Waals surface area contributed by atoms with E-state index in [9.17, 15) is 18.3 Å². The maximum atomic E-state index is 13.6. The largest absolute Gasteiger partial charge is 0.478 e. The maximum Gasteiger partial charge on any atom is 0.337 e. The summed E-state index contributed by atoms with van der Waals surface area (Å²) < 4.78 is 27.2. The monoisotopic (exact) mass is 535 g/mol. The highest BCUT2D eigenvalue weighted by Crippen LogP contribution is 2.49. The molecule has 0 saturated heterocycles. The molecule has 0 bridgehead atoms. The third kappa shape index (κ3) is 5.11. The molecular weight excluding hydrogens is 512 g/mol. The number of rotatable bonds is 5. The minimum atomic E-state index is -3.61. The highest BCUT2D eigenvalue weighted by molar-refractivity contribution is 8.43. The van der Waals surface area contributed by atoms with Crippen molar-refractivity contribution in [3.05, 3.63) is 76.3 Å². The van der Waals surface area contributed by atoms with Crippen molar-refractivity contribution in [2.45, 2.75) is 30.8 Å². The summed E-state index contributed by atoms with van der Waals surface area (Å²) in [5.41, 5.74) is 2.26. The molecule has 0 radical (unpaired) electrons. The normalized spacial score (nSPS) is 18.0. The average Bonchev–Trinajstić information content (AvgIpc) is 2.87. The zero-order valence-corrected chi connectivity index (χ0v) is 22.0. The molecule has 34 heavy (non-hydrogen) atoms. The van der Waals surface area contributed by atoms with Crippen molar-refractivity contribution < 1.29 is 18.3 Å². The first kappa shape index (κ1) is 25.0.